The largest absolute Gasteiger partial charge is 0.338 e. The standard InChI is InChI=1S/C9H15Cl2NO3/c1-4-6-12(8(13)7(10)11)9(14-3)15-5-2/h4,7,9H,1,5-6H2,2-3H3. The first kappa shape index (κ1) is 14.7. The van der Waals surface area contributed by atoms with Gasteiger partial charge < -0.3 is 9.47 Å². The lowest BCUT2D eigenvalue weighted by atomic mass is 10.5. The highest BCUT2D eigenvalue weighted by atomic mass is 35.5. The average molecular weight is 256 g/mol. The molecule has 1 atom stereocenters. The van der Waals surface area contributed by atoms with Gasteiger partial charge >= 0.3 is 0 Å². The zero-order chi connectivity index (χ0) is 11.8. The molecule has 0 rings (SSSR count). The molecule has 0 spiro atoms. The number of rotatable bonds is 7. The molecule has 0 aliphatic carbocycles. The van der Waals surface area contributed by atoms with Gasteiger partial charge in [-0.1, -0.05) is 29.3 Å². The summed E-state index contributed by atoms with van der Waals surface area (Å²) >= 11 is 11.0. The Morgan fingerprint density at radius 1 is 1.60 bits per heavy atom. The fourth-order valence-corrected chi connectivity index (χ4v) is 1.22. The van der Waals surface area contributed by atoms with E-state index in [-0.39, 0.29) is 6.54 Å². The molecule has 6 heteroatoms. The molecular weight excluding hydrogens is 241 g/mol. The average Bonchev–Trinajstić information content (AvgIpc) is 2.22. The van der Waals surface area contributed by atoms with E-state index in [1.807, 2.05) is 0 Å². The highest BCUT2D eigenvalue weighted by Crippen LogP contribution is 2.11. The number of hydrogen-bond acceptors (Lipinski definition) is 3. The first-order chi connectivity index (χ1) is 7.08. The molecule has 0 aromatic rings. The van der Waals surface area contributed by atoms with Crippen molar-refractivity contribution < 1.29 is 14.3 Å². The summed E-state index contributed by atoms with van der Waals surface area (Å²) in [6.45, 7) is 5.99. The van der Waals surface area contributed by atoms with Gasteiger partial charge in [-0.05, 0) is 6.92 Å². The molecule has 0 aliphatic heterocycles. The van der Waals surface area contributed by atoms with Gasteiger partial charge in [-0.15, -0.1) is 6.58 Å². The molecule has 0 heterocycles. The van der Waals surface area contributed by atoms with E-state index in [0.717, 1.165) is 0 Å². The number of halogens is 2. The van der Waals surface area contributed by atoms with E-state index in [4.69, 9.17) is 32.7 Å². The van der Waals surface area contributed by atoms with Crippen LogP contribution >= 0.6 is 23.2 Å². The molecule has 0 saturated carbocycles. The third-order valence-electron chi connectivity index (χ3n) is 1.56. The van der Waals surface area contributed by atoms with Crippen LogP contribution in [-0.2, 0) is 14.3 Å². The van der Waals surface area contributed by atoms with Crippen molar-refractivity contribution in [1.82, 2.24) is 4.90 Å². The van der Waals surface area contributed by atoms with Gasteiger partial charge in [-0.2, -0.15) is 0 Å². The maximum Gasteiger partial charge on any atom is 0.260 e. The molecule has 1 unspecified atom stereocenters. The van der Waals surface area contributed by atoms with Crippen molar-refractivity contribution in [2.45, 2.75) is 18.2 Å². The van der Waals surface area contributed by atoms with Gasteiger partial charge in [0.25, 0.3) is 5.91 Å². The maximum atomic E-state index is 11.6. The number of carbonyl (C=O) groups excluding carboxylic acids is 1. The molecule has 0 bridgehead atoms. The van der Waals surface area contributed by atoms with Crippen molar-refractivity contribution in [2.75, 3.05) is 20.3 Å². The van der Waals surface area contributed by atoms with E-state index in [9.17, 15) is 4.79 Å². The van der Waals surface area contributed by atoms with Crippen LogP contribution in [0.3, 0.4) is 0 Å². The summed E-state index contributed by atoms with van der Waals surface area (Å²) in [7, 11) is 1.43. The molecule has 0 radical (unpaired) electrons. The fourth-order valence-electron chi connectivity index (χ4n) is 0.972. The molecule has 0 aromatic carbocycles. The first-order valence-electron chi connectivity index (χ1n) is 4.42. The quantitative estimate of drug-likeness (QED) is 0.396. The number of amides is 1. The van der Waals surface area contributed by atoms with Crippen LogP contribution in [0.5, 0.6) is 0 Å². The zero-order valence-electron chi connectivity index (χ0n) is 8.78. The van der Waals surface area contributed by atoms with E-state index >= 15 is 0 Å². The molecule has 4 nitrogen and oxygen atoms in total. The molecule has 88 valence electrons. The molecule has 0 N–H and O–H groups in total. The number of methoxy groups -OCH3 is 1. The van der Waals surface area contributed by atoms with E-state index in [0.29, 0.717) is 6.61 Å². The Hall–Kier alpha value is -0.290. The SMILES string of the molecule is C=CCN(C(=O)C(Cl)Cl)C(OC)OCC. The minimum absolute atomic E-state index is 0.257. The number of hydrogen-bond donors (Lipinski definition) is 0. The Bertz CT molecular complexity index is 212. The van der Waals surface area contributed by atoms with Gasteiger partial charge in [0.2, 0.25) is 6.41 Å². The van der Waals surface area contributed by atoms with E-state index in [2.05, 4.69) is 6.58 Å². The third kappa shape index (κ3) is 4.84. The second-order valence-corrected chi connectivity index (χ2v) is 3.67. The lowest BCUT2D eigenvalue weighted by molar-refractivity contribution is -0.207. The van der Waals surface area contributed by atoms with Gasteiger partial charge in [0.15, 0.2) is 4.84 Å². The minimum Gasteiger partial charge on any atom is -0.338 e. The van der Waals surface area contributed by atoms with Gasteiger partial charge in [-0.25, -0.2) is 0 Å². The molecule has 0 aliphatic rings. The third-order valence-corrected chi connectivity index (χ3v) is 1.93. The Morgan fingerprint density at radius 3 is 2.53 bits per heavy atom. The second kappa shape index (κ2) is 7.93. The summed E-state index contributed by atoms with van der Waals surface area (Å²) in [5, 5.41) is 0. The molecule has 15 heavy (non-hydrogen) atoms. The predicted molar refractivity (Wildman–Crippen MR) is 59.8 cm³/mol. The molecule has 1 amide bonds. The van der Waals surface area contributed by atoms with E-state index in [1.165, 1.54) is 12.0 Å². The van der Waals surface area contributed by atoms with Crippen LogP contribution in [0.1, 0.15) is 6.92 Å². The topological polar surface area (TPSA) is 38.8 Å². The summed E-state index contributed by atoms with van der Waals surface area (Å²) < 4.78 is 10.2. The van der Waals surface area contributed by atoms with Gasteiger partial charge in [0.1, 0.15) is 0 Å². The smallest absolute Gasteiger partial charge is 0.260 e. The van der Waals surface area contributed by atoms with Crippen molar-refractivity contribution >= 4 is 29.1 Å². The Balaban J connectivity index is 4.59. The molecule has 0 fully saturated rings. The second-order valence-electron chi connectivity index (χ2n) is 2.58. The predicted octanol–water partition coefficient (Wildman–Crippen LogP) is 1.77. The number of ether oxygens (including phenoxy) is 2. The van der Waals surface area contributed by atoms with E-state index in [1.54, 1.807) is 13.0 Å². The van der Waals surface area contributed by atoms with Crippen LogP contribution < -0.4 is 0 Å². The Morgan fingerprint density at radius 2 is 2.20 bits per heavy atom. The molecule has 0 aromatic heterocycles. The number of nitrogens with zero attached hydrogens (tertiary/aromatic N) is 1. The van der Waals surface area contributed by atoms with Crippen LogP contribution in [-0.4, -0.2) is 42.3 Å². The van der Waals surface area contributed by atoms with Crippen LogP contribution in [0.25, 0.3) is 0 Å². The van der Waals surface area contributed by atoms with Crippen LogP contribution in [0, 0.1) is 0 Å². The van der Waals surface area contributed by atoms with Crippen molar-refractivity contribution in [1.29, 1.82) is 0 Å². The normalized spacial score (nSPS) is 12.6. The lowest BCUT2D eigenvalue weighted by Crippen LogP contribution is -2.45. The maximum absolute atomic E-state index is 11.6. The highest BCUT2D eigenvalue weighted by Gasteiger charge is 2.26. The Kier molecular flexibility index (Phi) is 7.78. The summed E-state index contributed by atoms with van der Waals surface area (Å²) in [5.74, 6) is -0.474. The van der Waals surface area contributed by atoms with Crippen molar-refractivity contribution in [2.24, 2.45) is 0 Å². The van der Waals surface area contributed by atoms with Crippen molar-refractivity contribution in [3.8, 4) is 0 Å². The molecule has 0 saturated heterocycles. The van der Waals surface area contributed by atoms with Crippen LogP contribution in [0.4, 0.5) is 0 Å². The summed E-state index contributed by atoms with van der Waals surface area (Å²) in [6.07, 6.45) is 0.750. The summed E-state index contributed by atoms with van der Waals surface area (Å²) in [4.78, 5) is 11.7. The molecular formula is C9H15Cl2NO3. The number of carbonyl (C=O) groups is 1. The van der Waals surface area contributed by atoms with Gasteiger partial charge in [-0.3, -0.25) is 9.69 Å². The van der Waals surface area contributed by atoms with Crippen molar-refractivity contribution in [3.63, 3.8) is 0 Å². The summed E-state index contributed by atoms with van der Waals surface area (Å²) in [5.41, 5.74) is 0. The van der Waals surface area contributed by atoms with Crippen molar-refractivity contribution in [3.05, 3.63) is 12.7 Å². The van der Waals surface area contributed by atoms with Crippen LogP contribution in [0.2, 0.25) is 0 Å². The summed E-state index contributed by atoms with van der Waals surface area (Å²) in [6, 6.07) is 0. The van der Waals surface area contributed by atoms with E-state index < -0.39 is 17.2 Å². The minimum atomic E-state index is -1.14. The lowest BCUT2D eigenvalue weighted by Gasteiger charge is -2.29. The van der Waals surface area contributed by atoms with Gasteiger partial charge in [0, 0.05) is 20.3 Å². The fraction of sp³-hybridized carbons (Fsp3) is 0.667. The first-order valence-corrected chi connectivity index (χ1v) is 5.29. The zero-order valence-corrected chi connectivity index (χ0v) is 10.3. The number of alkyl halides is 2. The Labute approximate surface area is 99.7 Å². The van der Waals surface area contributed by atoms with Gasteiger partial charge in [0.05, 0.1) is 0 Å². The monoisotopic (exact) mass is 255 g/mol. The highest BCUT2D eigenvalue weighted by molar-refractivity contribution is 6.53. The van der Waals surface area contributed by atoms with Crippen LogP contribution in [0.15, 0.2) is 12.7 Å².